The first kappa shape index (κ1) is 16.4. The summed E-state index contributed by atoms with van der Waals surface area (Å²) >= 11 is 1.63. The second-order valence-electron chi connectivity index (χ2n) is 5.49. The van der Waals surface area contributed by atoms with Crippen LogP contribution in [0.3, 0.4) is 0 Å². The first-order valence-corrected chi connectivity index (χ1v) is 8.84. The van der Waals surface area contributed by atoms with Gasteiger partial charge in [0.15, 0.2) is 0 Å². The van der Waals surface area contributed by atoms with Crippen LogP contribution in [-0.2, 0) is 16.1 Å². The summed E-state index contributed by atoms with van der Waals surface area (Å²) in [5, 5.41) is 7.69. The standard InChI is InChI=1S/C18H19N3O2S/c1-2-20(13-15-9-6-12-24-15)18(23)16-10-11-17(22)21(19-16)14-7-4-3-5-8-14/h3-9,12H,2,10-11,13H2,1H3. The topological polar surface area (TPSA) is 53.0 Å². The molecular formula is C18H19N3O2S. The van der Waals surface area contributed by atoms with E-state index in [1.54, 1.807) is 16.2 Å². The highest BCUT2D eigenvalue weighted by atomic mass is 32.1. The molecule has 0 saturated carbocycles. The number of benzene rings is 1. The summed E-state index contributed by atoms with van der Waals surface area (Å²) < 4.78 is 0. The second kappa shape index (κ2) is 7.40. The maximum absolute atomic E-state index is 12.8. The van der Waals surface area contributed by atoms with Gasteiger partial charge in [-0.3, -0.25) is 9.59 Å². The van der Waals surface area contributed by atoms with Crippen LogP contribution < -0.4 is 5.01 Å². The van der Waals surface area contributed by atoms with Gasteiger partial charge in [0.2, 0.25) is 5.91 Å². The summed E-state index contributed by atoms with van der Waals surface area (Å²) in [5.74, 6) is -0.182. The Morgan fingerprint density at radius 1 is 1.21 bits per heavy atom. The van der Waals surface area contributed by atoms with E-state index in [0.29, 0.717) is 37.3 Å². The molecule has 1 aromatic carbocycles. The summed E-state index contributed by atoms with van der Waals surface area (Å²) in [4.78, 5) is 27.9. The van der Waals surface area contributed by atoms with Crippen molar-refractivity contribution in [3.63, 3.8) is 0 Å². The molecular weight excluding hydrogens is 322 g/mol. The van der Waals surface area contributed by atoms with Crippen LogP contribution in [0.15, 0.2) is 52.9 Å². The molecule has 0 radical (unpaired) electrons. The SMILES string of the molecule is CCN(Cc1cccs1)C(=O)C1=NN(c2ccccc2)C(=O)CC1. The largest absolute Gasteiger partial charge is 0.333 e. The number of hydrazone groups is 1. The van der Waals surface area contributed by atoms with E-state index in [4.69, 9.17) is 0 Å². The quantitative estimate of drug-likeness (QED) is 0.838. The fourth-order valence-electron chi connectivity index (χ4n) is 2.58. The van der Waals surface area contributed by atoms with Gasteiger partial charge in [-0.05, 0) is 30.5 Å². The first-order chi connectivity index (χ1) is 11.7. The number of hydrogen-bond donors (Lipinski definition) is 0. The van der Waals surface area contributed by atoms with Crippen molar-refractivity contribution in [1.29, 1.82) is 0 Å². The van der Waals surface area contributed by atoms with Gasteiger partial charge in [-0.1, -0.05) is 24.3 Å². The fraction of sp³-hybridized carbons (Fsp3) is 0.278. The lowest BCUT2D eigenvalue weighted by molar-refractivity contribution is -0.124. The van der Waals surface area contributed by atoms with Gasteiger partial charge in [0.25, 0.3) is 5.91 Å². The highest BCUT2D eigenvalue weighted by Gasteiger charge is 2.28. The Kier molecular flexibility index (Phi) is 5.05. The molecule has 1 aromatic heterocycles. The van der Waals surface area contributed by atoms with Gasteiger partial charge in [0.05, 0.1) is 12.2 Å². The molecule has 0 unspecified atom stereocenters. The Balaban J connectivity index is 1.81. The van der Waals surface area contributed by atoms with Crippen LogP contribution in [0.1, 0.15) is 24.6 Å². The van der Waals surface area contributed by atoms with E-state index >= 15 is 0 Å². The van der Waals surface area contributed by atoms with Crippen molar-refractivity contribution in [3.8, 4) is 0 Å². The summed E-state index contributed by atoms with van der Waals surface area (Å²) in [6.45, 7) is 3.13. The maximum Gasteiger partial charge on any atom is 0.270 e. The van der Waals surface area contributed by atoms with E-state index in [2.05, 4.69) is 5.10 Å². The van der Waals surface area contributed by atoms with Gasteiger partial charge in [-0.25, -0.2) is 5.01 Å². The molecule has 1 aliphatic heterocycles. The summed E-state index contributed by atoms with van der Waals surface area (Å²) in [6, 6.07) is 13.2. The number of hydrogen-bond acceptors (Lipinski definition) is 4. The van der Waals surface area contributed by atoms with Crippen molar-refractivity contribution in [2.45, 2.75) is 26.3 Å². The molecule has 2 heterocycles. The molecule has 0 bridgehead atoms. The van der Waals surface area contributed by atoms with E-state index in [0.717, 1.165) is 4.88 Å². The van der Waals surface area contributed by atoms with Crippen molar-refractivity contribution in [1.82, 2.24) is 4.90 Å². The number of rotatable bonds is 5. The monoisotopic (exact) mass is 341 g/mol. The van der Waals surface area contributed by atoms with E-state index in [1.165, 1.54) is 5.01 Å². The molecule has 0 spiro atoms. The number of thiophene rings is 1. The summed E-state index contributed by atoms with van der Waals surface area (Å²) in [5.41, 5.74) is 1.13. The Hall–Kier alpha value is -2.47. The van der Waals surface area contributed by atoms with Crippen molar-refractivity contribution < 1.29 is 9.59 Å². The van der Waals surface area contributed by atoms with Crippen LogP contribution in [0, 0.1) is 0 Å². The summed E-state index contributed by atoms with van der Waals surface area (Å²) in [7, 11) is 0. The van der Waals surface area contributed by atoms with Crippen molar-refractivity contribution in [3.05, 3.63) is 52.7 Å². The van der Waals surface area contributed by atoms with Crippen molar-refractivity contribution in [2.75, 3.05) is 11.6 Å². The molecule has 2 amide bonds. The molecule has 0 aliphatic carbocycles. The summed E-state index contributed by atoms with van der Waals surface area (Å²) in [6.07, 6.45) is 0.692. The molecule has 2 aromatic rings. The van der Waals surface area contributed by atoms with E-state index in [1.807, 2.05) is 54.8 Å². The van der Waals surface area contributed by atoms with Crippen LogP contribution in [0.2, 0.25) is 0 Å². The minimum Gasteiger partial charge on any atom is -0.333 e. The van der Waals surface area contributed by atoms with Gasteiger partial charge in [0, 0.05) is 24.3 Å². The fourth-order valence-corrected chi connectivity index (χ4v) is 3.30. The Morgan fingerprint density at radius 3 is 2.67 bits per heavy atom. The number of anilines is 1. The highest BCUT2D eigenvalue weighted by molar-refractivity contribution is 7.09. The van der Waals surface area contributed by atoms with Crippen LogP contribution in [0.25, 0.3) is 0 Å². The molecule has 3 rings (SSSR count). The number of para-hydroxylation sites is 1. The molecule has 5 nitrogen and oxygen atoms in total. The van der Waals surface area contributed by atoms with Crippen LogP contribution >= 0.6 is 11.3 Å². The molecule has 0 saturated heterocycles. The van der Waals surface area contributed by atoms with Gasteiger partial charge >= 0.3 is 0 Å². The van der Waals surface area contributed by atoms with Crippen molar-refractivity contribution >= 4 is 34.6 Å². The molecule has 0 atom stereocenters. The molecule has 24 heavy (non-hydrogen) atoms. The lowest BCUT2D eigenvalue weighted by atomic mass is 10.1. The Labute approximate surface area is 145 Å². The van der Waals surface area contributed by atoms with E-state index in [-0.39, 0.29) is 11.8 Å². The maximum atomic E-state index is 12.8. The van der Waals surface area contributed by atoms with Gasteiger partial charge in [-0.15, -0.1) is 11.3 Å². The zero-order chi connectivity index (χ0) is 16.9. The number of carbonyl (C=O) groups excluding carboxylic acids is 2. The Morgan fingerprint density at radius 2 is 2.00 bits per heavy atom. The minimum atomic E-state index is -0.0978. The van der Waals surface area contributed by atoms with Crippen LogP contribution in [0.5, 0.6) is 0 Å². The van der Waals surface area contributed by atoms with Crippen LogP contribution in [0.4, 0.5) is 5.69 Å². The van der Waals surface area contributed by atoms with E-state index < -0.39 is 0 Å². The van der Waals surface area contributed by atoms with Gasteiger partial charge < -0.3 is 4.90 Å². The van der Waals surface area contributed by atoms with Gasteiger partial charge in [0.1, 0.15) is 5.71 Å². The second-order valence-corrected chi connectivity index (χ2v) is 6.52. The molecule has 0 N–H and O–H groups in total. The number of nitrogens with zero attached hydrogens (tertiary/aromatic N) is 3. The first-order valence-electron chi connectivity index (χ1n) is 7.96. The Bertz CT molecular complexity index is 741. The third-order valence-corrected chi connectivity index (χ3v) is 4.74. The molecule has 6 heteroatoms. The smallest absolute Gasteiger partial charge is 0.270 e. The van der Waals surface area contributed by atoms with Gasteiger partial charge in [-0.2, -0.15) is 5.10 Å². The predicted octanol–water partition coefficient (Wildman–Crippen LogP) is 3.28. The zero-order valence-corrected chi connectivity index (χ0v) is 14.3. The number of carbonyl (C=O) groups is 2. The zero-order valence-electron chi connectivity index (χ0n) is 13.5. The lowest BCUT2D eigenvalue weighted by Crippen LogP contribution is -2.41. The number of amides is 2. The van der Waals surface area contributed by atoms with E-state index in [9.17, 15) is 9.59 Å². The van der Waals surface area contributed by atoms with Crippen molar-refractivity contribution in [2.24, 2.45) is 5.10 Å². The average molecular weight is 341 g/mol. The normalized spacial score (nSPS) is 14.5. The highest BCUT2D eigenvalue weighted by Crippen LogP contribution is 2.21. The predicted molar refractivity (Wildman–Crippen MR) is 96.0 cm³/mol. The third kappa shape index (κ3) is 3.54. The molecule has 1 aliphatic rings. The molecule has 0 fully saturated rings. The molecule has 124 valence electrons. The minimum absolute atomic E-state index is 0.0842. The lowest BCUT2D eigenvalue weighted by Gasteiger charge is -2.26. The van der Waals surface area contributed by atoms with Crippen LogP contribution in [-0.4, -0.2) is 29.0 Å². The third-order valence-electron chi connectivity index (χ3n) is 3.88. The average Bonchev–Trinajstić information content (AvgIpc) is 3.13.